The number of thiazole rings is 1. The number of piperidine rings is 1. The maximum Gasteiger partial charge on any atom is 0.283 e. The SMILES string of the molecule is CN(c1ccc2c(c1)OC1CNCCC21)S(=O)(=O)c1c(Cl)nc2sccn12. The molecule has 0 spiro atoms. The molecule has 3 aromatic rings. The molecule has 1 N–H and O–H groups in total. The van der Waals surface area contributed by atoms with Gasteiger partial charge in [-0.1, -0.05) is 17.7 Å². The highest BCUT2D eigenvalue weighted by Gasteiger charge is 2.37. The lowest BCUT2D eigenvalue weighted by molar-refractivity contribution is 0.177. The number of halogens is 1. The highest BCUT2D eigenvalue weighted by atomic mass is 35.5. The standard InChI is InChI=1S/C17H17ClN4O3S2/c1-21(27(23,24)16-15(18)20-17-22(16)6-7-26-17)10-2-3-11-12-4-5-19-9-14(12)25-13(11)8-10/h2-3,6-8,12,14,19H,4-5,9H2,1H3. The number of rotatable bonds is 3. The summed E-state index contributed by atoms with van der Waals surface area (Å²) in [4.78, 5) is 4.67. The highest BCUT2D eigenvalue weighted by Crippen LogP contribution is 2.43. The van der Waals surface area contributed by atoms with Crippen LogP contribution in [0.1, 0.15) is 17.9 Å². The molecule has 2 unspecified atom stereocenters. The molecule has 0 saturated carbocycles. The second-order valence-corrected chi connectivity index (χ2v) is 9.83. The van der Waals surface area contributed by atoms with Gasteiger partial charge in [0.1, 0.15) is 11.9 Å². The van der Waals surface area contributed by atoms with Crippen molar-refractivity contribution in [2.24, 2.45) is 0 Å². The number of nitrogens with one attached hydrogen (secondary N) is 1. The van der Waals surface area contributed by atoms with Crippen molar-refractivity contribution in [1.29, 1.82) is 0 Å². The van der Waals surface area contributed by atoms with Crippen molar-refractivity contribution in [3.8, 4) is 5.75 Å². The van der Waals surface area contributed by atoms with E-state index < -0.39 is 10.0 Å². The zero-order valence-electron chi connectivity index (χ0n) is 14.4. The molecule has 2 aromatic heterocycles. The Balaban J connectivity index is 1.54. The summed E-state index contributed by atoms with van der Waals surface area (Å²) in [5, 5.41) is 5.06. The second kappa shape index (κ2) is 6.10. The van der Waals surface area contributed by atoms with Crippen molar-refractivity contribution in [1.82, 2.24) is 14.7 Å². The van der Waals surface area contributed by atoms with Gasteiger partial charge < -0.3 is 10.1 Å². The van der Waals surface area contributed by atoms with Crippen LogP contribution in [0.4, 0.5) is 5.69 Å². The summed E-state index contributed by atoms with van der Waals surface area (Å²) in [7, 11) is -2.36. The quantitative estimate of drug-likeness (QED) is 0.699. The lowest BCUT2D eigenvalue weighted by Gasteiger charge is -2.24. The monoisotopic (exact) mass is 424 g/mol. The molecule has 1 fully saturated rings. The van der Waals surface area contributed by atoms with E-state index in [2.05, 4.69) is 10.3 Å². The number of benzene rings is 1. The normalized spacial score (nSPS) is 21.7. The Morgan fingerprint density at radius 2 is 2.30 bits per heavy atom. The molecule has 1 saturated heterocycles. The van der Waals surface area contributed by atoms with Gasteiger partial charge >= 0.3 is 0 Å². The largest absolute Gasteiger partial charge is 0.488 e. The van der Waals surface area contributed by atoms with Gasteiger partial charge in [-0.15, -0.1) is 11.3 Å². The predicted molar refractivity (Wildman–Crippen MR) is 105 cm³/mol. The maximum absolute atomic E-state index is 13.2. The van der Waals surface area contributed by atoms with Gasteiger partial charge in [-0.2, -0.15) is 8.42 Å². The minimum absolute atomic E-state index is 0.0248. The second-order valence-electron chi connectivity index (χ2n) is 6.71. The minimum atomic E-state index is -3.88. The highest BCUT2D eigenvalue weighted by molar-refractivity contribution is 7.92. The molecule has 2 aliphatic heterocycles. The van der Waals surface area contributed by atoms with E-state index in [1.807, 2.05) is 12.1 Å². The van der Waals surface area contributed by atoms with E-state index >= 15 is 0 Å². The van der Waals surface area contributed by atoms with Crippen LogP contribution in [0, 0.1) is 0 Å². The molecule has 1 aromatic carbocycles. The smallest absolute Gasteiger partial charge is 0.283 e. The topological polar surface area (TPSA) is 75.9 Å². The maximum atomic E-state index is 13.2. The fourth-order valence-corrected chi connectivity index (χ4v) is 6.43. The lowest BCUT2D eigenvalue weighted by atomic mass is 9.90. The molecule has 0 aliphatic carbocycles. The fourth-order valence-electron chi connectivity index (χ4n) is 3.84. The average Bonchev–Trinajstić information content (AvgIpc) is 3.31. The van der Waals surface area contributed by atoms with Crippen molar-refractivity contribution in [2.75, 3.05) is 24.4 Å². The van der Waals surface area contributed by atoms with Gasteiger partial charge in [-0.05, 0) is 19.0 Å². The Morgan fingerprint density at radius 3 is 3.15 bits per heavy atom. The molecular formula is C17H17ClN4O3S2. The molecule has 142 valence electrons. The van der Waals surface area contributed by atoms with Gasteiger partial charge in [0, 0.05) is 42.7 Å². The summed E-state index contributed by atoms with van der Waals surface area (Å²) in [6, 6.07) is 5.60. The van der Waals surface area contributed by atoms with Gasteiger partial charge in [0.15, 0.2) is 15.1 Å². The molecular weight excluding hydrogens is 408 g/mol. The number of fused-ring (bicyclic) bond motifs is 4. The van der Waals surface area contributed by atoms with Gasteiger partial charge in [0.25, 0.3) is 10.0 Å². The van der Waals surface area contributed by atoms with Crippen LogP contribution in [0.25, 0.3) is 4.96 Å². The first-order valence-corrected chi connectivity index (χ1v) is 11.3. The van der Waals surface area contributed by atoms with Gasteiger partial charge in [0.05, 0.1) is 5.69 Å². The summed E-state index contributed by atoms with van der Waals surface area (Å²) >= 11 is 7.47. The first kappa shape index (κ1) is 17.3. The summed E-state index contributed by atoms with van der Waals surface area (Å²) in [5.41, 5.74) is 1.68. The number of nitrogens with zero attached hydrogens (tertiary/aromatic N) is 3. The summed E-state index contributed by atoms with van der Waals surface area (Å²) in [6.45, 7) is 1.78. The van der Waals surface area contributed by atoms with Crippen LogP contribution in [0.5, 0.6) is 5.75 Å². The van der Waals surface area contributed by atoms with E-state index in [9.17, 15) is 8.42 Å². The number of ether oxygens (including phenoxy) is 1. The minimum Gasteiger partial charge on any atom is -0.488 e. The van der Waals surface area contributed by atoms with Crippen LogP contribution in [0.2, 0.25) is 5.15 Å². The molecule has 27 heavy (non-hydrogen) atoms. The molecule has 5 rings (SSSR count). The fraction of sp³-hybridized carbons (Fsp3) is 0.353. The van der Waals surface area contributed by atoms with E-state index in [0.717, 1.165) is 30.8 Å². The molecule has 7 nitrogen and oxygen atoms in total. The van der Waals surface area contributed by atoms with Gasteiger partial charge in [-0.3, -0.25) is 8.71 Å². The molecule has 0 radical (unpaired) electrons. The first-order chi connectivity index (χ1) is 13.0. The Labute approximate surface area is 165 Å². The van der Waals surface area contributed by atoms with Crippen molar-refractivity contribution in [3.63, 3.8) is 0 Å². The van der Waals surface area contributed by atoms with Gasteiger partial charge in [0.2, 0.25) is 0 Å². The summed E-state index contributed by atoms with van der Waals surface area (Å²) in [5.74, 6) is 1.13. The molecule has 0 amide bonds. The zero-order chi connectivity index (χ0) is 18.8. The molecule has 0 bridgehead atoms. The molecule has 2 atom stereocenters. The number of hydrogen-bond acceptors (Lipinski definition) is 6. The lowest BCUT2D eigenvalue weighted by Crippen LogP contribution is -2.39. The van der Waals surface area contributed by atoms with Crippen LogP contribution in [0.15, 0.2) is 34.8 Å². The van der Waals surface area contributed by atoms with Crippen LogP contribution >= 0.6 is 22.9 Å². The number of hydrogen-bond donors (Lipinski definition) is 1. The molecule has 4 heterocycles. The Kier molecular flexibility index (Phi) is 3.91. The summed E-state index contributed by atoms with van der Waals surface area (Å²) in [6.07, 6.45) is 2.79. The average molecular weight is 425 g/mol. The van der Waals surface area contributed by atoms with Gasteiger partial charge in [-0.25, -0.2) is 4.98 Å². The third kappa shape index (κ3) is 2.56. The Bertz CT molecular complexity index is 1140. The molecule has 10 heteroatoms. The van der Waals surface area contributed by atoms with Crippen LogP contribution < -0.4 is 14.4 Å². The number of sulfonamides is 1. The third-order valence-electron chi connectivity index (χ3n) is 5.25. The number of anilines is 1. The zero-order valence-corrected chi connectivity index (χ0v) is 16.8. The Hall–Kier alpha value is -1.81. The van der Waals surface area contributed by atoms with E-state index in [1.54, 1.807) is 17.6 Å². The summed E-state index contributed by atoms with van der Waals surface area (Å²) < 4.78 is 35.2. The Morgan fingerprint density at radius 1 is 1.44 bits per heavy atom. The van der Waals surface area contributed by atoms with Crippen LogP contribution in [-0.2, 0) is 10.0 Å². The van der Waals surface area contributed by atoms with E-state index in [1.165, 1.54) is 27.1 Å². The van der Waals surface area contributed by atoms with Crippen molar-refractivity contribution < 1.29 is 13.2 Å². The third-order valence-corrected chi connectivity index (χ3v) is 8.19. The predicted octanol–water partition coefficient (Wildman–Crippen LogP) is 2.71. The van der Waals surface area contributed by atoms with E-state index in [-0.39, 0.29) is 16.3 Å². The number of imidazole rings is 1. The van der Waals surface area contributed by atoms with E-state index in [4.69, 9.17) is 16.3 Å². The van der Waals surface area contributed by atoms with Crippen molar-refractivity contribution >= 4 is 43.6 Å². The van der Waals surface area contributed by atoms with Crippen molar-refractivity contribution in [3.05, 3.63) is 40.5 Å². The van der Waals surface area contributed by atoms with Crippen LogP contribution in [0.3, 0.4) is 0 Å². The van der Waals surface area contributed by atoms with E-state index in [0.29, 0.717) is 16.6 Å². The van der Waals surface area contributed by atoms with Crippen LogP contribution in [-0.4, -0.2) is 44.0 Å². The van der Waals surface area contributed by atoms with Crippen molar-refractivity contribution in [2.45, 2.75) is 23.5 Å². The number of aromatic nitrogens is 2. The first-order valence-electron chi connectivity index (χ1n) is 8.58. The molecule has 2 aliphatic rings.